The largest absolute Gasteiger partial charge is 0.479 e. The van der Waals surface area contributed by atoms with Crippen molar-refractivity contribution in [3.8, 4) is 0 Å². The lowest BCUT2D eigenvalue weighted by atomic mass is 9.82. The van der Waals surface area contributed by atoms with Crippen LogP contribution in [0.5, 0.6) is 0 Å². The molecule has 0 aromatic heterocycles. The fourth-order valence-electron chi connectivity index (χ4n) is 2.17. The molecule has 1 heterocycles. The molecule has 4 N–H and O–H groups in total. The zero-order valence-electron chi connectivity index (χ0n) is 10.2. The second-order valence-corrected chi connectivity index (χ2v) is 4.67. The Kier molecular flexibility index (Phi) is 4.24. The first kappa shape index (κ1) is 14.1. The van der Waals surface area contributed by atoms with E-state index in [0.717, 1.165) is 0 Å². The van der Waals surface area contributed by atoms with Crippen molar-refractivity contribution in [1.82, 2.24) is 5.06 Å². The zero-order valence-corrected chi connectivity index (χ0v) is 10.2. The summed E-state index contributed by atoms with van der Waals surface area (Å²) in [6, 6.07) is -0.858. The molecule has 3 unspecified atom stereocenters. The summed E-state index contributed by atoms with van der Waals surface area (Å²) in [6.07, 6.45) is 1.28. The molecule has 1 rings (SSSR count). The van der Waals surface area contributed by atoms with E-state index >= 15 is 0 Å². The van der Waals surface area contributed by atoms with Gasteiger partial charge in [-0.25, -0.2) is 4.79 Å². The number of nitrogens with two attached hydrogens (primary N) is 1. The monoisotopic (exact) mass is 244 g/mol. The normalized spacial score (nSPS) is 28.9. The van der Waals surface area contributed by atoms with E-state index in [0.29, 0.717) is 17.9 Å². The minimum absolute atomic E-state index is 0.104. The van der Waals surface area contributed by atoms with Crippen LogP contribution < -0.4 is 5.73 Å². The van der Waals surface area contributed by atoms with Crippen LogP contribution in [0.15, 0.2) is 0 Å². The van der Waals surface area contributed by atoms with Gasteiger partial charge in [-0.3, -0.25) is 4.79 Å². The highest BCUT2D eigenvalue weighted by atomic mass is 16.5. The second kappa shape index (κ2) is 5.12. The van der Waals surface area contributed by atoms with Gasteiger partial charge in [0.25, 0.3) is 0 Å². The molecular weight excluding hydrogens is 224 g/mol. The van der Waals surface area contributed by atoms with Crippen LogP contribution in [-0.4, -0.2) is 45.3 Å². The molecule has 1 fully saturated rings. The van der Waals surface area contributed by atoms with Crippen molar-refractivity contribution < 1.29 is 19.9 Å². The van der Waals surface area contributed by atoms with E-state index in [4.69, 9.17) is 5.73 Å². The van der Waals surface area contributed by atoms with Crippen LogP contribution in [0.2, 0.25) is 0 Å². The lowest BCUT2D eigenvalue weighted by Crippen LogP contribution is -2.61. The standard InChI is InChI=1S/C11H20N2O4/c1-3-7(2)8(12)9(14)11(10(15)16)5-4-6-13(11)17/h7-8,17H,3-6,12H2,1-2H3,(H,15,16). The van der Waals surface area contributed by atoms with Gasteiger partial charge in [-0.15, -0.1) is 0 Å². The molecular formula is C11H20N2O4. The van der Waals surface area contributed by atoms with Gasteiger partial charge in [-0.2, -0.15) is 5.06 Å². The molecule has 0 amide bonds. The number of aliphatic carboxylic acids is 1. The average Bonchev–Trinajstić information content (AvgIpc) is 2.69. The third-order valence-electron chi connectivity index (χ3n) is 3.67. The van der Waals surface area contributed by atoms with E-state index in [-0.39, 0.29) is 18.9 Å². The van der Waals surface area contributed by atoms with Crippen LogP contribution in [0.4, 0.5) is 0 Å². The molecule has 6 heteroatoms. The van der Waals surface area contributed by atoms with Gasteiger partial charge in [-0.05, 0) is 18.8 Å². The van der Waals surface area contributed by atoms with Crippen LogP contribution in [0.3, 0.4) is 0 Å². The van der Waals surface area contributed by atoms with Crippen LogP contribution in [0.25, 0.3) is 0 Å². The molecule has 0 aromatic rings. The molecule has 1 saturated heterocycles. The molecule has 6 nitrogen and oxygen atoms in total. The van der Waals surface area contributed by atoms with E-state index in [1.54, 1.807) is 6.92 Å². The first-order valence-corrected chi connectivity index (χ1v) is 5.87. The van der Waals surface area contributed by atoms with Crippen molar-refractivity contribution in [2.75, 3.05) is 6.54 Å². The van der Waals surface area contributed by atoms with E-state index in [1.807, 2.05) is 6.92 Å². The third kappa shape index (κ3) is 2.20. The van der Waals surface area contributed by atoms with E-state index < -0.39 is 23.3 Å². The van der Waals surface area contributed by atoms with E-state index in [2.05, 4.69) is 0 Å². The number of Topliss-reactive ketones (excluding diaryl/α,β-unsaturated/α-hetero) is 1. The number of hydrogen-bond donors (Lipinski definition) is 3. The number of hydroxylamine groups is 2. The van der Waals surface area contributed by atoms with Crippen molar-refractivity contribution in [2.45, 2.75) is 44.7 Å². The van der Waals surface area contributed by atoms with E-state index in [9.17, 15) is 19.9 Å². The van der Waals surface area contributed by atoms with Gasteiger partial charge in [0.1, 0.15) is 0 Å². The number of carbonyl (C=O) groups excluding carboxylic acids is 1. The van der Waals surface area contributed by atoms with Crippen LogP contribution in [-0.2, 0) is 9.59 Å². The van der Waals surface area contributed by atoms with Gasteiger partial charge in [0, 0.05) is 6.54 Å². The first-order chi connectivity index (χ1) is 7.87. The lowest BCUT2D eigenvalue weighted by Gasteiger charge is -2.32. The van der Waals surface area contributed by atoms with Crippen molar-refractivity contribution >= 4 is 11.8 Å². The highest BCUT2D eigenvalue weighted by Crippen LogP contribution is 2.31. The Morgan fingerprint density at radius 3 is 2.47 bits per heavy atom. The minimum Gasteiger partial charge on any atom is -0.479 e. The fraction of sp³-hybridized carbons (Fsp3) is 0.818. The van der Waals surface area contributed by atoms with Crippen LogP contribution in [0, 0.1) is 5.92 Å². The Morgan fingerprint density at radius 2 is 2.12 bits per heavy atom. The molecule has 3 atom stereocenters. The highest BCUT2D eigenvalue weighted by Gasteiger charge is 2.55. The second-order valence-electron chi connectivity index (χ2n) is 4.67. The first-order valence-electron chi connectivity index (χ1n) is 5.87. The molecule has 1 aliphatic rings. The van der Waals surface area contributed by atoms with Crippen molar-refractivity contribution in [2.24, 2.45) is 11.7 Å². The van der Waals surface area contributed by atoms with Gasteiger partial charge in [0.05, 0.1) is 6.04 Å². The summed E-state index contributed by atoms with van der Waals surface area (Å²) >= 11 is 0. The minimum atomic E-state index is -1.84. The summed E-state index contributed by atoms with van der Waals surface area (Å²) in [7, 11) is 0. The summed E-state index contributed by atoms with van der Waals surface area (Å²) in [5, 5.41) is 19.5. The molecule has 0 saturated carbocycles. The Hall–Kier alpha value is -0.980. The molecule has 98 valence electrons. The molecule has 17 heavy (non-hydrogen) atoms. The summed E-state index contributed by atoms with van der Waals surface area (Å²) in [4.78, 5) is 23.5. The van der Waals surface area contributed by atoms with E-state index in [1.165, 1.54) is 0 Å². The molecule has 0 aromatic carbocycles. The Bertz CT molecular complexity index is 321. The third-order valence-corrected chi connectivity index (χ3v) is 3.67. The summed E-state index contributed by atoms with van der Waals surface area (Å²) in [5.41, 5.74) is 3.94. The van der Waals surface area contributed by atoms with Gasteiger partial charge >= 0.3 is 5.97 Å². The number of carboxylic acids is 1. The SMILES string of the molecule is CCC(C)C(N)C(=O)C1(C(=O)O)CCCN1O. The lowest BCUT2D eigenvalue weighted by molar-refractivity contribution is -0.188. The van der Waals surface area contributed by atoms with Gasteiger partial charge in [-0.1, -0.05) is 20.3 Å². The van der Waals surface area contributed by atoms with Crippen molar-refractivity contribution in [3.63, 3.8) is 0 Å². The van der Waals surface area contributed by atoms with Crippen LogP contribution in [0.1, 0.15) is 33.1 Å². The Balaban J connectivity index is 3.01. The molecule has 0 bridgehead atoms. The maximum atomic E-state index is 12.2. The number of nitrogens with zero attached hydrogens (tertiary/aromatic N) is 1. The molecule has 0 aliphatic carbocycles. The predicted molar refractivity (Wildman–Crippen MR) is 60.5 cm³/mol. The molecule has 0 spiro atoms. The molecule has 0 radical (unpaired) electrons. The molecule has 1 aliphatic heterocycles. The summed E-state index contributed by atoms with van der Waals surface area (Å²) in [5.74, 6) is -2.02. The highest BCUT2D eigenvalue weighted by molar-refractivity contribution is 6.10. The summed E-state index contributed by atoms with van der Waals surface area (Å²) < 4.78 is 0. The number of hydrogen-bond acceptors (Lipinski definition) is 5. The zero-order chi connectivity index (χ0) is 13.2. The van der Waals surface area contributed by atoms with Crippen molar-refractivity contribution in [1.29, 1.82) is 0 Å². The topological polar surface area (TPSA) is 104 Å². The average molecular weight is 244 g/mol. The van der Waals surface area contributed by atoms with Gasteiger partial charge in [0.15, 0.2) is 5.78 Å². The van der Waals surface area contributed by atoms with Crippen molar-refractivity contribution in [3.05, 3.63) is 0 Å². The summed E-state index contributed by atoms with van der Waals surface area (Å²) in [6.45, 7) is 3.87. The number of carbonyl (C=O) groups is 2. The predicted octanol–water partition coefficient (Wildman–Crippen LogP) is 0.237. The fourth-order valence-corrected chi connectivity index (χ4v) is 2.17. The van der Waals surface area contributed by atoms with Gasteiger partial charge in [0.2, 0.25) is 5.54 Å². The smallest absolute Gasteiger partial charge is 0.334 e. The van der Waals surface area contributed by atoms with Gasteiger partial charge < -0.3 is 16.0 Å². The quantitative estimate of drug-likeness (QED) is 0.598. The number of ketones is 1. The Morgan fingerprint density at radius 1 is 1.53 bits per heavy atom. The maximum absolute atomic E-state index is 12.2. The van der Waals surface area contributed by atoms with Crippen LogP contribution >= 0.6 is 0 Å². The Labute approximate surface area is 100 Å². The maximum Gasteiger partial charge on any atom is 0.334 e. The number of carboxylic acid groups (broad SMARTS) is 1. The number of rotatable bonds is 5.